The molecule has 0 spiro atoms. The molecule has 0 heterocycles. The Bertz CT molecular complexity index is 762. The van der Waals surface area contributed by atoms with Crippen molar-refractivity contribution >= 4 is 21.8 Å². The van der Waals surface area contributed by atoms with Crippen molar-refractivity contribution in [3.8, 4) is 0 Å². The first-order valence-corrected chi connectivity index (χ1v) is 8.75. The zero-order valence-electron chi connectivity index (χ0n) is 12.9. The third-order valence-corrected chi connectivity index (χ3v) is 4.57. The fraction of sp³-hybridized carbons (Fsp3) is 0.188. The number of carbonyl (C=O) groups excluding carboxylic acids is 1. The highest BCUT2D eigenvalue weighted by Gasteiger charge is 2.13. The summed E-state index contributed by atoms with van der Waals surface area (Å²) in [5, 5.41) is 2.48. The van der Waals surface area contributed by atoms with Crippen molar-refractivity contribution in [1.29, 1.82) is 0 Å². The Morgan fingerprint density at radius 2 is 1.67 bits per heavy atom. The lowest BCUT2D eigenvalue weighted by molar-refractivity contribution is 0.140. The molecule has 0 bridgehead atoms. The highest BCUT2D eigenvalue weighted by atomic mass is 32.2. The molecule has 4 N–H and O–H groups in total. The summed E-state index contributed by atoms with van der Waals surface area (Å²) >= 11 is 0. The van der Waals surface area contributed by atoms with Gasteiger partial charge in [-0.05, 0) is 29.8 Å². The Kier molecular flexibility index (Phi) is 6.16. The summed E-state index contributed by atoms with van der Waals surface area (Å²) in [6.45, 7) is 0.318. The van der Waals surface area contributed by atoms with Gasteiger partial charge < -0.3 is 15.8 Å². The Morgan fingerprint density at radius 3 is 2.33 bits per heavy atom. The fourth-order valence-corrected chi connectivity index (χ4v) is 2.89. The van der Waals surface area contributed by atoms with E-state index in [9.17, 15) is 13.2 Å². The van der Waals surface area contributed by atoms with Crippen LogP contribution in [0.25, 0.3) is 0 Å². The quantitative estimate of drug-likeness (QED) is 0.518. The Labute approximate surface area is 140 Å². The molecule has 0 unspecified atom stereocenters. The summed E-state index contributed by atoms with van der Waals surface area (Å²) in [6.07, 6.45) is -0.606. The van der Waals surface area contributed by atoms with Gasteiger partial charge in [0, 0.05) is 18.8 Å². The smallest absolute Gasteiger partial charge is 0.407 e. The molecule has 1 amide bonds. The third kappa shape index (κ3) is 5.56. The number of ether oxygens (including phenoxy) is 1. The molecule has 0 aliphatic heterocycles. The molecule has 0 aromatic heterocycles. The minimum atomic E-state index is -3.63. The van der Waals surface area contributed by atoms with Gasteiger partial charge in [0.1, 0.15) is 6.61 Å². The lowest BCUT2D eigenvalue weighted by atomic mass is 10.2. The van der Waals surface area contributed by atoms with Crippen LogP contribution in [0.1, 0.15) is 5.56 Å². The highest BCUT2D eigenvalue weighted by Crippen LogP contribution is 2.10. The van der Waals surface area contributed by atoms with E-state index >= 15 is 0 Å². The molecule has 0 radical (unpaired) electrons. The van der Waals surface area contributed by atoms with Crippen molar-refractivity contribution in [3.05, 3.63) is 60.2 Å². The number of nitrogens with one attached hydrogen (secondary N) is 2. The number of anilines is 1. The van der Waals surface area contributed by atoms with Crippen molar-refractivity contribution in [2.45, 2.75) is 11.5 Å². The number of rotatable bonds is 7. The molecule has 7 nitrogen and oxygen atoms in total. The summed E-state index contributed by atoms with van der Waals surface area (Å²) in [7, 11) is -3.63. The van der Waals surface area contributed by atoms with E-state index in [1.807, 2.05) is 30.3 Å². The zero-order valence-corrected chi connectivity index (χ0v) is 13.8. The van der Waals surface area contributed by atoms with Crippen LogP contribution in [-0.4, -0.2) is 27.6 Å². The summed E-state index contributed by atoms with van der Waals surface area (Å²) < 4.78 is 31.4. The minimum Gasteiger partial charge on any atom is -0.445 e. The molecular weight excluding hydrogens is 330 g/mol. The van der Waals surface area contributed by atoms with E-state index in [4.69, 9.17) is 10.5 Å². The number of sulfonamides is 1. The first kappa shape index (κ1) is 17.8. The normalized spacial score (nSPS) is 11.0. The molecule has 128 valence electrons. The first-order chi connectivity index (χ1) is 11.5. The monoisotopic (exact) mass is 349 g/mol. The van der Waals surface area contributed by atoms with Crippen molar-refractivity contribution in [3.63, 3.8) is 0 Å². The minimum absolute atomic E-state index is 0.0488. The van der Waals surface area contributed by atoms with E-state index in [0.29, 0.717) is 5.69 Å². The molecule has 0 aliphatic rings. The predicted octanol–water partition coefficient (Wildman–Crippen LogP) is 1.47. The number of hydrogen-bond acceptors (Lipinski definition) is 5. The van der Waals surface area contributed by atoms with Crippen LogP contribution in [0.15, 0.2) is 59.5 Å². The maximum absolute atomic E-state index is 12.0. The van der Waals surface area contributed by atoms with Gasteiger partial charge in [-0.25, -0.2) is 17.9 Å². The summed E-state index contributed by atoms with van der Waals surface area (Å²) in [4.78, 5) is 11.6. The maximum Gasteiger partial charge on any atom is 0.407 e. The predicted molar refractivity (Wildman–Crippen MR) is 90.7 cm³/mol. The largest absolute Gasteiger partial charge is 0.445 e. The molecule has 8 heteroatoms. The van der Waals surface area contributed by atoms with Crippen LogP contribution in [0.5, 0.6) is 0 Å². The highest BCUT2D eigenvalue weighted by molar-refractivity contribution is 7.89. The second-order valence-electron chi connectivity index (χ2n) is 4.96. The topological polar surface area (TPSA) is 111 Å². The van der Waals surface area contributed by atoms with E-state index in [0.717, 1.165) is 5.56 Å². The van der Waals surface area contributed by atoms with Crippen LogP contribution in [0, 0.1) is 0 Å². The van der Waals surface area contributed by atoms with Crippen LogP contribution >= 0.6 is 0 Å². The molecule has 2 rings (SSSR count). The van der Waals surface area contributed by atoms with Gasteiger partial charge >= 0.3 is 6.09 Å². The third-order valence-electron chi connectivity index (χ3n) is 3.09. The average Bonchev–Trinajstić information content (AvgIpc) is 2.58. The standard InChI is InChI=1S/C16H19N3O4S/c17-14-6-8-15(9-7-14)24(21,22)19-11-10-18-16(20)23-12-13-4-2-1-3-5-13/h1-9,19H,10-12,17H2,(H,18,20). The number of amides is 1. The van der Waals surface area contributed by atoms with E-state index in [2.05, 4.69) is 10.0 Å². The van der Waals surface area contributed by atoms with Crippen LogP contribution < -0.4 is 15.8 Å². The van der Waals surface area contributed by atoms with E-state index in [1.54, 1.807) is 0 Å². The van der Waals surface area contributed by atoms with Crippen LogP contribution in [0.4, 0.5) is 10.5 Å². The van der Waals surface area contributed by atoms with Gasteiger partial charge in [0.05, 0.1) is 4.90 Å². The second kappa shape index (κ2) is 8.32. The van der Waals surface area contributed by atoms with Crippen molar-refractivity contribution in [2.75, 3.05) is 18.8 Å². The molecular formula is C16H19N3O4S. The lowest BCUT2D eigenvalue weighted by Gasteiger charge is -2.09. The van der Waals surface area contributed by atoms with Crippen molar-refractivity contribution in [1.82, 2.24) is 10.0 Å². The van der Waals surface area contributed by atoms with Gasteiger partial charge in [-0.15, -0.1) is 0 Å². The van der Waals surface area contributed by atoms with Gasteiger partial charge in [-0.1, -0.05) is 30.3 Å². The molecule has 0 fully saturated rings. The molecule has 0 saturated heterocycles. The molecule has 0 saturated carbocycles. The number of nitrogen functional groups attached to an aromatic ring is 1. The van der Waals surface area contributed by atoms with Crippen LogP contribution in [-0.2, 0) is 21.4 Å². The number of nitrogens with two attached hydrogens (primary N) is 1. The van der Waals surface area contributed by atoms with Crippen LogP contribution in [0.2, 0.25) is 0 Å². The SMILES string of the molecule is Nc1ccc(S(=O)(=O)NCCNC(=O)OCc2ccccc2)cc1. The van der Waals surface area contributed by atoms with Gasteiger partial charge in [-0.3, -0.25) is 0 Å². The van der Waals surface area contributed by atoms with Gasteiger partial charge in [0.2, 0.25) is 10.0 Å². The first-order valence-electron chi connectivity index (χ1n) is 7.27. The maximum atomic E-state index is 12.0. The van der Waals surface area contributed by atoms with E-state index < -0.39 is 16.1 Å². The average molecular weight is 349 g/mol. The summed E-state index contributed by atoms with van der Waals surface area (Å²) in [5.74, 6) is 0. The number of hydrogen-bond donors (Lipinski definition) is 3. The second-order valence-corrected chi connectivity index (χ2v) is 6.72. The number of benzene rings is 2. The molecule has 24 heavy (non-hydrogen) atoms. The van der Waals surface area contributed by atoms with Crippen LogP contribution in [0.3, 0.4) is 0 Å². The van der Waals surface area contributed by atoms with Crippen molar-refractivity contribution in [2.24, 2.45) is 0 Å². The summed E-state index contributed by atoms with van der Waals surface area (Å²) in [6, 6.07) is 15.1. The zero-order chi connectivity index (χ0) is 17.4. The Balaban J connectivity index is 1.70. The lowest BCUT2D eigenvalue weighted by Crippen LogP contribution is -2.34. The number of carbonyl (C=O) groups is 1. The molecule has 0 aliphatic carbocycles. The van der Waals surface area contributed by atoms with E-state index in [-0.39, 0.29) is 24.6 Å². The molecule has 2 aromatic rings. The van der Waals surface area contributed by atoms with Crippen molar-refractivity contribution < 1.29 is 17.9 Å². The molecule has 0 atom stereocenters. The van der Waals surface area contributed by atoms with E-state index in [1.165, 1.54) is 24.3 Å². The van der Waals surface area contributed by atoms with Gasteiger partial charge in [-0.2, -0.15) is 0 Å². The summed E-state index contributed by atoms with van der Waals surface area (Å²) in [5.41, 5.74) is 6.87. The molecule has 2 aromatic carbocycles. The number of alkyl carbamates (subject to hydrolysis) is 1. The van der Waals surface area contributed by atoms with Gasteiger partial charge in [0.25, 0.3) is 0 Å². The Morgan fingerprint density at radius 1 is 1.00 bits per heavy atom. The van der Waals surface area contributed by atoms with Gasteiger partial charge in [0.15, 0.2) is 0 Å². The fourth-order valence-electron chi connectivity index (χ4n) is 1.85. The Hall–Kier alpha value is -2.58.